The van der Waals surface area contributed by atoms with Gasteiger partial charge in [-0.2, -0.15) is 10.1 Å². The van der Waals surface area contributed by atoms with Crippen molar-refractivity contribution in [3.05, 3.63) is 22.8 Å². The lowest BCUT2D eigenvalue weighted by Gasteiger charge is -1.95. The van der Waals surface area contributed by atoms with Crippen LogP contribution in [0.15, 0.2) is 10.9 Å². The molecule has 0 aliphatic heterocycles. The molecule has 2 rings (SSSR count). The quantitative estimate of drug-likeness (QED) is 0.763. The average molecular weight is 211 g/mol. The number of hydrogen-bond donors (Lipinski definition) is 1. The van der Waals surface area contributed by atoms with Gasteiger partial charge in [-0.05, 0) is 12.2 Å². The zero-order chi connectivity index (χ0) is 9.97. The number of aryl methyl sites for hydroxylation is 3. The lowest BCUT2D eigenvalue weighted by atomic mass is 10.4. The van der Waals surface area contributed by atoms with Gasteiger partial charge in [0.25, 0.3) is 0 Å². The maximum Gasteiger partial charge on any atom is 0.223 e. The summed E-state index contributed by atoms with van der Waals surface area (Å²) in [7, 11) is 0. The summed E-state index contributed by atoms with van der Waals surface area (Å²) in [6, 6.07) is 0. The van der Waals surface area contributed by atoms with Gasteiger partial charge >= 0.3 is 0 Å². The smallest absolute Gasteiger partial charge is 0.223 e. The molecular weight excluding hydrogens is 202 g/mol. The Morgan fingerprint density at radius 2 is 2.50 bits per heavy atom. The molecule has 2 heterocycles. The summed E-state index contributed by atoms with van der Waals surface area (Å²) in [5.41, 5.74) is 0. The van der Waals surface area contributed by atoms with Gasteiger partial charge < -0.3 is 9.09 Å². The summed E-state index contributed by atoms with van der Waals surface area (Å²) in [5, 5.41) is 10.3. The molecule has 0 radical (unpaired) electrons. The number of rotatable bonds is 3. The summed E-state index contributed by atoms with van der Waals surface area (Å²) >= 11 is 4.99. The van der Waals surface area contributed by atoms with Crippen LogP contribution in [0.4, 0.5) is 0 Å². The number of H-pyrrole nitrogens is 1. The Labute approximate surface area is 85.0 Å². The first-order chi connectivity index (χ1) is 6.75. The molecule has 74 valence electrons. The molecule has 14 heavy (non-hydrogen) atoms. The molecule has 0 aliphatic carbocycles. The highest BCUT2D eigenvalue weighted by atomic mass is 32.1. The molecule has 0 amide bonds. The summed E-state index contributed by atoms with van der Waals surface area (Å²) in [4.78, 5) is 4.08. The first-order valence-electron chi connectivity index (χ1n) is 4.15. The van der Waals surface area contributed by atoms with Crippen molar-refractivity contribution in [1.29, 1.82) is 0 Å². The SMILES string of the molecule is Cc1nc(CCn2cn[nH]c2=S)no1. The van der Waals surface area contributed by atoms with Crippen LogP contribution in [-0.4, -0.2) is 24.9 Å². The Balaban J connectivity index is 2.01. The Kier molecular flexibility index (Phi) is 2.40. The summed E-state index contributed by atoms with van der Waals surface area (Å²) < 4.78 is 7.27. The third-order valence-electron chi connectivity index (χ3n) is 1.76. The van der Waals surface area contributed by atoms with Crippen LogP contribution >= 0.6 is 12.2 Å². The molecular formula is C7H9N5OS. The van der Waals surface area contributed by atoms with E-state index in [-0.39, 0.29) is 0 Å². The van der Waals surface area contributed by atoms with Crippen LogP contribution in [0.1, 0.15) is 11.7 Å². The monoisotopic (exact) mass is 211 g/mol. The Morgan fingerprint density at radius 3 is 3.07 bits per heavy atom. The molecule has 0 spiro atoms. The Morgan fingerprint density at radius 1 is 1.64 bits per heavy atom. The van der Waals surface area contributed by atoms with E-state index in [1.807, 2.05) is 4.57 Å². The fourth-order valence-electron chi connectivity index (χ4n) is 1.09. The molecule has 1 N–H and O–H groups in total. The predicted molar refractivity (Wildman–Crippen MR) is 50.2 cm³/mol. The molecule has 7 heteroatoms. The van der Waals surface area contributed by atoms with E-state index in [1.165, 1.54) is 0 Å². The molecule has 0 aliphatic rings. The van der Waals surface area contributed by atoms with E-state index in [1.54, 1.807) is 13.3 Å². The molecule has 2 aromatic heterocycles. The van der Waals surface area contributed by atoms with Crippen molar-refractivity contribution in [2.24, 2.45) is 0 Å². The van der Waals surface area contributed by atoms with E-state index in [2.05, 4.69) is 20.3 Å². The van der Waals surface area contributed by atoms with E-state index in [4.69, 9.17) is 16.7 Å². The topological polar surface area (TPSA) is 72.5 Å². The molecule has 0 saturated heterocycles. The first-order valence-corrected chi connectivity index (χ1v) is 4.55. The molecule has 0 saturated carbocycles. The van der Waals surface area contributed by atoms with Gasteiger partial charge in [-0.25, -0.2) is 0 Å². The van der Waals surface area contributed by atoms with Crippen molar-refractivity contribution in [3.8, 4) is 0 Å². The Bertz CT molecular complexity index is 470. The Hall–Kier alpha value is -1.50. The highest BCUT2D eigenvalue weighted by molar-refractivity contribution is 7.71. The molecule has 2 aromatic rings. The van der Waals surface area contributed by atoms with E-state index >= 15 is 0 Å². The first kappa shape index (κ1) is 9.07. The summed E-state index contributed by atoms with van der Waals surface area (Å²) in [6.45, 7) is 2.47. The van der Waals surface area contributed by atoms with Crippen LogP contribution in [0.3, 0.4) is 0 Å². The third-order valence-corrected chi connectivity index (χ3v) is 2.09. The van der Waals surface area contributed by atoms with Crippen molar-refractivity contribution >= 4 is 12.2 Å². The minimum Gasteiger partial charge on any atom is -0.340 e. The number of nitrogens with zero attached hydrogens (tertiary/aromatic N) is 4. The minimum absolute atomic E-state index is 0.579. The van der Waals surface area contributed by atoms with Gasteiger partial charge in [0.15, 0.2) is 10.6 Å². The van der Waals surface area contributed by atoms with E-state index in [9.17, 15) is 0 Å². The fraction of sp³-hybridized carbons (Fsp3) is 0.429. The molecule has 0 aromatic carbocycles. The largest absolute Gasteiger partial charge is 0.340 e. The molecule has 0 atom stereocenters. The maximum atomic E-state index is 4.99. The molecule has 0 unspecified atom stereocenters. The maximum absolute atomic E-state index is 4.99. The van der Waals surface area contributed by atoms with Crippen molar-refractivity contribution in [2.45, 2.75) is 19.9 Å². The third kappa shape index (κ3) is 1.87. The molecule has 0 bridgehead atoms. The van der Waals surface area contributed by atoms with E-state index < -0.39 is 0 Å². The average Bonchev–Trinajstić information content (AvgIpc) is 2.72. The number of hydrogen-bond acceptors (Lipinski definition) is 5. The fourth-order valence-corrected chi connectivity index (χ4v) is 1.28. The summed E-state index contributed by atoms with van der Waals surface area (Å²) in [5.74, 6) is 1.27. The van der Waals surface area contributed by atoms with Crippen LogP contribution in [-0.2, 0) is 13.0 Å². The van der Waals surface area contributed by atoms with Crippen LogP contribution in [0, 0.1) is 11.7 Å². The standard InChI is InChI=1S/C7H9N5OS/c1-5-9-6(11-13-5)2-3-12-4-8-10-7(12)14/h4H,2-3H2,1H3,(H,10,14). The van der Waals surface area contributed by atoms with Gasteiger partial charge in [0.2, 0.25) is 5.89 Å². The zero-order valence-electron chi connectivity index (χ0n) is 7.60. The van der Waals surface area contributed by atoms with Crippen LogP contribution in [0.5, 0.6) is 0 Å². The lowest BCUT2D eigenvalue weighted by molar-refractivity contribution is 0.386. The molecule has 6 nitrogen and oxygen atoms in total. The number of nitrogens with one attached hydrogen (secondary N) is 1. The molecule has 0 fully saturated rings. The second-order valence-electron chi connectivity index (χ2n) is 2.83. The highest BCUT2D eigenvalue weighted by Gasteiger charge is 2.02. The van der Waals surface area contributed by atoms with Crippen LogP contribution in [0.2, 0.25) is 0 Å². The predicted octanol–water partition coefficient (Wildman–Crippen LogP) is 0.875. The van der Waals surface area contributed by atoms with Gasteiger partial charge in [0.05, 0.1) is 0 Å². The van der Waals surface area contributed by atoms with Crippen LogP contribution in [0.25, 0.3) is 0 Å². The van der Waals surface area contributed by atoms with Crippen molar-refractivity contribution in [3.63, 3.8) is 0 Å². The lowest BCUT2D eigenvalue weighted by Crippen LogP contribution is -2.01. The number of aromatic nitrogens is 5. The van der Waals surface area contributed by atoms with Crippen molar-refractivity contribution in [1.82, 2.24) is 24.9 Å². The van der Waals surface area contributed by atoms with Gasteiger partial charge in [-0.1, -0.05) is 5.16 Å². The second kappa shape index (κ2) is 3.70. The van der Waals surface area contributed by atoms with Gasteiger partial charge in [0, 0.05) is 19.9 Å². The normalized spacial score (nSPS) is 10.6. The second-order valence-corrected chi connectivity index (χ2v) is 3.22. The van der Waals surface area contributed by atoms with Crippen LogP contribution < -0.4 is 0 Å². The minimum atomic E-state index is 0.579. The zero-order valence-corrected chi connectivity index (χ0v) is 8.41. The van der Waals surface area contributed by atoms with E-state index in [0.29, 0.717) is 29.5 Å². The van der Waals surface area contributed by atoms with Crippen molar-refractivity contribution < 1.29 is 4.52 Å². The summed E-state index contributed by atoms with van der Waals surface area (Å²) in [6.07, 6.45) is 2.33. The van der Waals surface area contributed by atoms with E-state index in [0.717, 1.165) is 0 Å². The van der Waals surface area contributed by atoms with Gasteiger partial charge in [-0.3, -0.25) is 5.10 Å². The highest BCUT2D eigenvalue weighted by Crippen LogP contribution is 1.98. The van der Waals surface area contributed by atoms with Crippen molar-refractivity contribution in [2.75, 3.05) is 0 Å². The van der Waals surface area contributed by atoms with Gasteiger partial charge in [0.1, 0.15) is 6.33 Å². The van der Waals surface area contributed by atoms with Gasteiger partial charge in [-0.15, -0.1) is 0 Å². The number of aromatic amines is 1.